The summed E-state index contributed by atoms with van der Waals surface area (Å²) in [5.41, 5.74) is 1.40. The first-order valence-electron chi connectivity index (χ1n) is 3.90. The molecule has 1 aromatic rings. The van der Waals surface area contributed by atoms with Crippen molar-refractivity contribution in [3.8, 4) is 0 Å². The Morgan fingerprint density at radius 1 is 1.64 bits per heavy atom. The van der Waals surface area contributed by atoms with E-state index in [4.69, 9.17) is 0 Å². The zero-order valence-corrected chi connectivity index (χ0v) is 7.06. The predicted molar refractivity (Wildman–Crippen MR) is 45.9 cm³/mol. The second-order valence-electron chi connectivity index (χ2n) is 3.01. The summed E-state index contributed by atoms with van der Waals surface area (Å²) in [6, 6.07) is 2.15. The maximum absolute atomic E-state index is 10.5. The van der Waals surface area contributed by atoms with Gasteiger partial charge < -0.3 is 4.79 Å². The van der Waals surface area contributed by atoms with E-state index in [0.717, 1.165) is 25.5 Å². The summed E-state index contributed by atoms with van der Waals surface area (Å²) in [5.74, 6) is 0.289. The monoisotopic (exact) mass is 166 g/mol. The van der Waals surface area contributed by atoms with Gasteiger partial charge in [0.15, 0.2) is 0 Å². The van der Waals surface area contributed by atoms with E-state index in [9.17, 15) is 4.79 Å². The highest BCUT2D eigenvalue weighted by Gasteiger charge is 2.18. The van der Waals surface area contributed by atoms with Crippen LogP contribution in [0.1, 0.15) is 16.9 Å². The third kappa shape index (κ3) is 1.23. The van der Waals surface area contributed by atoms with Crippen LogP contribution in [0.2, 0.25) is 0 Å². The standard InChI is InChI=1S/C9H10OS/c10-6-7-1-2-9-8(5-7)3-4-11-9/h3-4,6-7H,1-2,5H2. The lowest BCUT2D eigenvalue weighted by atomic mass is 9.90. The van der Waals surface area contributed by atoms with Gasteiger partial charge in [-0.3, -0.25) is 0 Å². The maximum Gasteiger partial charge on any atom is 0.123 e. The van der Waals surface area contributed by atoms with Crippen LogP contribution < -0.4 is 0 Å². The van der Waals surface area contributed by atoms with E-state index in [1.807, 2.05) is 11.3 Å². The van der Waals surface area contributed by atoms with Crippen LogP contribution in [0.5, 0.6) is 0 Å². The molecule has 0 radical (unpaired) electrons. The van der Waals surface area contributed by atoms with Crippen molar-refractivity contribution < 1.29 is 4.79 Å². The molecule has 11 heavy (non-hydrogen) atoms. The van der Waals surface area contributed by atoms with Crippen molar-refractivity contribution in [3.05, 3.63) is 21.9 Å². The summed E-state index contributed by atoms with van der Waals surface area (Å²) in [5, 5.41) is 2.12. The lowest BCUT2D eigenvalue weighted by Crippen LogP contribution is -2.12. The average molecular weight is 166 g/mol. The van der Waals surface area contributed by atoms with Crippen molar-refractivity contribution >= 4 is 17.6 Å². The SMILES string of the molecule is O=CC1CCc2sccc2C1. The molecule has 1 aliphatic carbocycles. The number of aryl methyl sites for hydroxylation is 1. The minimum absolute atomic E-state index is 0.289. The molecule has 0 amide bonds. The fourth-order valence-corrected chi connectivity index (χ4v) is 2.52. The molecule has 1 nitrogen and oxygen atoms in total. The number of fused-ring (bicyclic) bond motifs is 1. The fraction of sp³-hybridized carbons (Fsp3) is 0.444. The smallest absolute Gasteiger partial charge is 0.123 e. The van der Waals surface area contributed by atoms with Crippen LogP contribution in [0.15, 0.2) is 11.4 Å². The minimum atomic E-state index is 0.289. The molecule has 2 rings (SSSR count). The third-order valence-corrected chi connectivity index (χ3v) is 3.28. The maximum atomic E-state index is 10.5. The first-order chi connectivity index (χ1) is 5.40. The van der Waals surface area contributed by atoms with Gasteiger partial charge in [-0.15, -0.1) is 11.3 Å². The Balaban J connectivity index is 2.24. The summed E-state index contributed by atoms with van der Waals surface area (Å²) in [4.78, 5) is 12.0. The Labute approximate surface area is 70.1 Å². The van der Waals surface area contributed by atoms with E-state index in [-0.39, 0.29) is 5.92 Å². The average Bonchev–Trinajstić information content (AvgIpc) is 2.50. The Morgan fingerprint density at radius 3 is 3.36 bits per heavy atom. The number of carbonyl (C=O) groups excluding carboxylic acids is 1. The van der Waals surface area contributed by atoms with E-state index in [2.05, 4.69) is 11.4 Å². The largest absolute Gasteiger partial charge is 0.303 e. The normalized spacial score (nSPS) is 22.7. The molecular weight excluding hydrogens is 156 g/mol. The molecule has 0 saturated carbocycles. The fourth-order valence-electron chi connectivity index (χ4n) is 1.59. The van der Waals surface area contributed by atoms with Gasteiger partial charge >= 0.3 is 0 Å². The quantitative estimate of drug-likeness (QED) is 0.583. The van der Waals surface area contributed by atoms with E-state index >= 15 is 0 Å². The second-order valence-corrected chi connectivity index (χ2v) is 4.01. The lowest BCUT2D eigenvalue weighted by Gasteiger charge is -2.15. The molecule has 0 saturated heterocycles. The van der Waals surface area contributed by atoms with E-state index in [1.165, 1.54) is 10.4 Å². The van der Waals surface area contributed by atoms with Crippen LogP contribution in [0.25, 0.3) is 0 Å². The molecule has 0 fully saturated rings. The third-order valence-electron chi connectivity index (χ3n) is 2.25. The Morgan fingerprint density at radius 2 is 2.55 bits per heavy atom. The highest BCUT2D eigenvalue weighted by Crippen LogP contribution is 2.28. The summed E-state index contributed by atoms with van der Waals surface area (Å²) < 4.78 is 0. The number of aldehydes is 1. The molecule has 0 spiro atoms. The van der Waals surface area contributed by atoms with Crippen molar-refractivity contribution in [1.82, 2.24) is 0 Å². The number of hydrogen-bond acceptors (Lipinski definition) is 2. The molecule has 0 N–H and O–H groups in total. The highest BCUT2D eigenvalue weighted by atomic mass is 32.1. The molecule has 1 aromatic heterocycles. The van der Waals surface area contributed by atoms with Crippen LogP contribution in [0, 0.1) is 5.92 Å². The molecule has 58 valence electrons. The van der Waals surface area contributed by atoms with Crippen LogP contribution >= 0.6 is 11.3 Å². The van der Waals surface area contributed by atoms with Gasteiger partial charge in [0, 0.05) is 10.8 Å². The van der Waals surface area contributed by atoms with Crippen LogP contribution in [-0.4, -0.2) is 6.29 Å². The number of hydrogen-bond donors (Lipinski definition) is 0. The molecule has 0 aromatic carbocycles. The number of carbonyl (C=O) groups is 1. The number of thiophene rings is 1. The van der Waals surface area contributed by atoms with Gasteiger partial charge in [-0.05, 0) is 36.3 Å². The molecule has 1 heterocycles. The zero-order valence-electron chi connectivity index (χ0n) is 6.25. The molecular formula is C9H10OS. The minimum Gasteiger partial charge on any atom is -0.303 e. The van der Waals surface area contributed by atoms with Gasteiger partial charge in [0.25, 0.3) is 0 Å². The first kappa shape index (κ1) is 7.04. The lowest BCUT2D eigenvalue weighted by molar-refractivity contribution is -0.111. The highest BCUT2D eigenvalue weighted by molar-refractivity contribution is 7.10. The van der Waals surface area contributed by atoms with Crippen molar-refractivity contribution in [2.24, 2.45) is 5.92 Å². The molecule has 1 atom stereocenters. The molecule has 1 aliphatic rings. The van der Waals surface area contributed by atoms with Crippen molar-refractivity contribution in [2.45, 2.75) is 19.3 Å². The van der Waals surface area contributed by atoms with E-state index in [1.54, 1.807) is 0 Å². The summed E-state index contributed by atoms with van der Waals surface area (Å²) in [6.07, 6.45) is 4.23. The summed E-state index contributed by atoms with van der Waals surface area (Å²) >= 11 is 1.82. The summed E-state index contributed by atoms with van der Waals surface area (Å²) in [6.45, 7) is 0. The van der Waals surface area contributed by atoms with E-state index in [0.29, 0.717) is 0 Å². The van der Waals surface area contributed by atoms with Crippen molar-refractivity contribution in [3.63, 3.8) is 0 Å². The van der Waals surface area contributed by atoms with Crippen LogP contribution in [0.3, 0.4) is 0 Å². The Kier molecular flexibility index (Phi) is 1.78. The van der Waals surface area contributed by atoms with Gasteiger partial charge in [0.2, 0.25) is 0 Å². The van der Waals surface area contributed by atoms with Gasteiger partial charge in [-0.1, -0.05) is 0 Å². The first-order valence-corrected chi connectivity index (χ1v) is 4.78. The van der Waals surface area contributed by atoms with E-state index < -0.39 is 0 Å². The van der Waals surface area contributed by atoms with Crippen molar-refractivity contribution in [2.75, 3.05) is 0 Å². The second kappa shape index (κ2) is 2.78. The van der Waals surface area contributed by atoms with Gasteiger partial charge in [-0.25, -0.2) is 0 Å². The summed E-state index contributed by atoms with van der Waals surface area (Å²) in [7, 11) is 0. The number of rotatable bonds is 1. The van der Waals surface area contributed by atoms with Gasteiger partial charge in [0.05, 0.1) is 0 Å². The van der Waals surface area contributed by atoms with Gasteiger partial charge in [0.1, 0.15) is 6.29 Å². The molecule has 0 aliphatic heterocycles. The topological polar surface area (TPSA) is 17.1 Å². The molecule has 2 heteroatoms. The van der Waals surface area contributed by atoms with Crippen molar-refractivity contribution in [1.29, 1.82) is 0 Å². The van der Waals surface area contributed by atoms with Crippen LogP contribution in [-0.2, 0) is 17.6 Å². The molecule has 1 unspecified atom stereocenters. The predicted octanol–water partition coefficient (Wildman–Crippen LogP) is 2.05. The molecule has 0 bridgehead atoms. The Hall–Kier alpha value is -0.630. The van der Waals surface area contributed by atoms with Gasteiger partial charge in [-0.2, -0.15) is 0 Å². The zero-order chi connectivity index (χ0) is 7.68. The Bertz CT molecular complexity index is 264. The van der Waals surface area contributed by atoms with Crippen LogP contribution in [0.4, 0.5) is 0 Å².